The number of rotatable bonds is 6. The van der Waals surface area contributed by atoms with Gasteiger partial charge in [-0.2, -0.15) is 5.10 Å². The third-order valence-corrected chi connectivity index (χ3v) is 6.73. The fraction of sp³-hybridized carbons (Fsp3) is 0.182. The van der Waals surface area contributed by atoms with Gasteiger partial charge in [-0.05, 0) is 31.0 Å². The van der Waals surface area contributed by atoms with Crippen molar-refractivity contribution in [3.63, 3.8) is 0 Å². The van der Waals surface area contributed by atoms with Crippen LogP contribution in [0.1, 0.15) is 22.0 Å². The van der Waals surface area contributed by atoms with Crippen molar-refractivity contribution in [2.45, 2.75) is 6.04 Å². The second kappa shape index (κ2) is 7.94. The molecule has 0 spiro atoms. The third-order valence-electron chi connectivity index (χ3n) is 5.20. The number of benzene rings is 2. The highest BCUT2D eigenvalue weighted by Crippen LogP contribution is 2.35. The van der Waals surface area contributed by atoms with Crippen LogP contribution in [0.15, 0.2) is 61.1 Å². The Morgan fingerprint density at radius 3 is 2.70 bits per heavy atom. The number of fused-ring (bicyclic) bond motifs is 1. The maximum absolute atomic E-state index is 13.1. The Morgan fingerprint density at radius 1 is 1.20 bits per heavy atom. The van der Waals surface area contributed by atoms with Crippen LogP contribution in [-0.4, -0.2) is 41.0 Å². The van der Waals surface area contributed by atoms with Crippen LogP contribution in [-0.2, 0) is 4.57 Å². The van der Waals surface area contributed by atoms with Gasteiger partial charge in [0.15, 0.2) is 0 Å². The van der Waals surface area contributed by atoms with Gasteiger partial charge in [-0.15, -0.1) is 0 Å². The second-order valence-corrected chi connectivity index (χ2v) is 10.8. The Balaban J connectivity index is 1.65. The number of nitrogens with two attached hydrogens (primary N) is 1. The van der Waals surface area contributed by atoms with E-state index in [1.54, 1.807) is 25.6 Å². The monoisotopic (exact) mass is 421 g/mol. The van der Waals surface area contributed by atoms with Crippen molar-refractivity contribution >= 4 is 29.3 Å². The minimum atomic E-state index is -2.41. The summed E-state index contributed by atoms with van der Waals surface area (Å²) in [6.07, 6.45) is 5.43. The van der Waals surface area contributed by atoms with Gasteiger partial charge in [0.25, 0.3) is 5.91 Å². The first-order valence-electron chi connectivity index (χ1n) is 9.64. The lowest BCUT2D eigenvalue weighted by Crippen LogP contribution is -2.34. The number of aromatic nitrogens is 3. The molecule has 2 heterocycles. The van der Waals surface area contributed by atoms with E-state index < -0.39 is 7.14 Å². The largest absolute Gasteiger partial charge is 0.360 e. The fourth-order valence-corrected chi connectivity index (χ4v) is 4.48. The number of nitrogens with zero attached hydrogens (tertiary/aromatic N) is 1. The van der Waals surface area contributed by atoms with Crippen LogP contribution in [0.4, 0.5) is 0 Å². The number of amides is 1. The minimum Gasteiger partial charge on any atom is -0.360 e. The zero-order valence-corrected chi connectivity index (χ0v) is 17.7. The number of para-hydroxylation sites is 1. The van der Waals surface area contributed by atoms with Crippen LogP contribution in [0.2, 0.25) is 0 Å². The quantitative estimate of drug-likeness (QED) is 0.358. The number of carbonyl (C=O) groups excluding carboxylic acids is 1. The lowest BCUT2D eigenvalue weighted by Gasteiger charge is -2.19. The van der Waals surface area contributed by atoms with Gasteiger partial charge in [0.05, 0.1) is 23.3 Å². The van der Waals surface area contributed by atoms with Crippen molar-refractivity contribution < 1.29 is 9.36 Å². The molecule has 30 heavy (non-hydrogen) atoms. The smallest absolute Gasteiger partial charge is 0.253 e. The number of aromatic amines is 2. The van der Waals surface area contributed by atoms with E-state index in [4.69, 9.17) is 5.73 Å². The molecule has 154 valence electrons. The first-order chi connectivity index (χ1) is 14.4. The van der Waals surface area contributed by atoms with Gasteiger partial charge in [0.1, 0.15) is 7.14 Å². The van der Waals surface area contributed by atoms with Crippen LogP contribution in [0, 0.1) is 0 Å². The Bertz CT molecular complexity index is 1240. The summed E-state index contributed by atoms with van der Waals surface area (Å²) in [5.74, 6) is -0.224. The molecule has 5 N–H and O–H groups in total. The topological polar surface area (TPSA) is 117 Å². The predicted molar refractivity (Wildman–Crippen MR) is 121 cm³/mol. The zero-order valence-electron chi connectivity index (χ0n) is 16.8. The van der Waals surface area contributed by atoms with Crippen LogP contribution in [0.5, 0.6) is 0 Å². The summed E-state index contributed by atoms with van der Waals surface area (Å²) in [7, 11) is -2.41. The molecule has 0 fully saturated rings. The lowest BCUT2D eigenvalue weighted by molar-refractivity contribution is 0.0939. The van der Waals surface area contributed by atoms with E-state index in [1.807, 2.05) is 48.8 Å². The molecule has 8 heteroatoms. The summed E-state index contributed by atoms with van der Waals surface area (Å²) in [6.45, 7) is 3.69. The Morgan fingerprint density at radius 2 is 2.00 bits per heavy atom. The molecule has 0 unspecified atom stereocenters. The number of hydrogen-bond donors (Lipinski definition) is 4. The van der Waals surface area contributed by atoms with E-state index in [1.165, 1.54) is 0 Å². The Labute approximate surface area is 174 Å². The lowest BCUT2D eigenvalue weighted by atomic mass is 10.0. The van der Waals surface area contributed by atoms with Crippen LogP contribution >= 0.6 is 7.14 Å². The van der Waals surface area contributed by atoms with E-state index >= 15 is 0 Å². The molecular weight excluding hydrogens is 397 g/mol. The molecule has 2 aromatic heterocycles. The van der Waals surface area contributed by atoms with Crippen LogP contribution in [0.25, 0.3) is 22.0 Å². The average molecular weight is 421 g/mol. The van der Waals surface area contributed by atoms with E-state index in [0.717, 1.165) is 32.9 Å². The molecule has 0 aliphatic carbocycles. The number of nitrogens with one attached hydrogen (secondary N) is 3. The van der Waals surface area contributed by atoms with Crippen molar-refractivity contribution in [1.29, 1.82) is 0 Å². The maximum atomic E-state index is 13.1. The molecule has 0 radical (unpaired) electrons. The van der Waals surface area contributed by atoms with Gasteiger partial charge in [0.2, 0.25) is 0 Å². The van der Waals surface area contributed by atoms with E-state index in [2.05, 4.69) is 20.5 Å². The number of H-pyrrole nitrogens is 2. The first-order valence-corrected chi connectivity index (χ1v) is 12.2. The molecule has 4 aromatic rings. The van der Waals surface area contributed by atoms with Crippen molar-refractivity contribution in [1.82, 2.24) is 20.5 Å². The predicted octanol–water partition coefficient (Wildman–Crippen LogP) is 3.24. The highest BCUT2D eigenvalue weighted by atomic mass is 31.2. The summed E-state index contributed by atoms with van der Waals surface area (Å²) in [5.41, 5.74) is 10.0. The summed E-state index contributed by atoms with van der Waals surface area (Å²) in [6, 6.07) is 12.7. The average Bonchev–Trinajstić information content (AvgIpc) is 3.40. The minimum absolute atomic E-state index is 0.224. The summed E-state index contributed by atoms with van der Waals surface area (Å²) >= 11 is 0. The normalized spacial score (nSPS) is 12.8. The molecule has 0 saturated carbocycles. The van der Waals surface area contributed by atoms with Crippen molar-refractivity contribution in [2.75, 3.05) is 19.9 Å². The van der Waals surface area contributed by atoms with Crippen molar-refractivity contribution in [3.8, 4) is 11.1 Å². The maximum Gasteiger partial charge on any atom is 0.253 e. The molecule has 1 atom stereocenters. The van der Waals surface area contributed by atoms with Gasteiger partial charge >= 0.3 is 0 Å². The van der Waals surface area contributed by atoms with Gasteiger partial charge in [-0.1, -0.05) is 30.3 Å². The van der Waals surface area contributed by atoms with E-state index in [-0.39, 0.29) is 18.5 Å². The molecule has 0 saturated heterocycles. The van der Waals surface area contributed by atoms with Gasteiger partial charge in [-0.25, -0.2) is 0 Å². The van der Waals surface area contributed by atoms with Crippen LogP contribution < -0.4 is 16.4 Å². The fourth-order valence-electron chi connectivity index (χ4n) is 3.57. The molecule has 2 aromatic carbocycles. The number of carbonyl (C=O) groups is 1. The summed E-state index contributed by atoms with van der Waals surface area (Å²) in [4.78, 5) is 16.3. The van der Waals surface area contributed by atoms with E-state index in [9.17, 15) is 9.36 Å². The standard InChI is InChI=1S/C22H24N5O2P/c1-30(2,29)16-6-3-5-14(9-16)20(10-23)27-22(28)18-8-4-7-17-19(13-24-21(17)18)15-11-25-26-12-15/h3-9,11-13,20,24H,10,23H2,1-2H3,(H,25,26)(H,27,28)/t20-/m0/s1. The van der Waals surface area contributed by atoms with Crippen molar-refractivity contribution in [2.24, 2.45) is 5.73 Å². The van der Waals surface area contributed by atoms with E-state index in [0.29, 0.717) is 5.56 Å². The molecule has 0 aliphatic rings. The molecule has 7 nitrogen and oxygen atoms in total. The summed E-state index contributed by atoms with van der Waals surface area (Å²) in [5, 5.41) is 11.5. The highest BCUT2D eigenvalue weighted by Gasteiger charge is 2.20. The molecule has 4 rings (SSSR count). The Kier molecular flexibility index (Phi) is 5.33. The van der Waals surface area contributed by atoms with Gasteiger partial charge in [0, 0.05) is 40.8 Å². The number of hydrogen-bond acceptors (Lipinski definition) is 4. The molecule has 0 bridgehead atoms. The molecule has 1 amide bonds. The first kappa shape index (κ1) is 20.1. The molecular formula is C22H24N5O2P. The Hall–Kier alpha value is -3.15. The van der Waals surface area contributed by atoms with Gasteiger partial charge < -0.3 is 20.6 Å². The SMILES string of the molecule is CP(C)(=O)c1cccc([C@H](CN)NC(=O)c2cccc3c(-c4cn[nH]c4)c[nH]c23)c1. The summed E-state index contributed by atoms with van der Waals surface area (Å²) < 4.78 is 12.4. The van der Waals surface area contributed by atoms with Crippen molar-refractivity contribution in [3.05, 3.63) is 72.2 Å². The van der Waals surface area contributed by atoms with Gasteiger partial charge in [-0.3, -0.25) is 9.89 Å². The third kappa shape index (κ3) is 3.82. The molecule has 0 aliphatic heterocycles. The van der Waals surface area contributed by atoms with Crippen LogP contribution in [0.3, 0.4) is 0 Å². The zero-order chi connectivity index (χ0) is 21.3. The highest BCUT2D eigenvalue weighted by molar-refractivity contribution is 7.70. The second-order valence-electron chi connectivity index (χ2n) is 7.63.